The topological polar surface area (TPSA) is 108 Å². The van der Waals surface area contributed by atoms with Gasteiger partial charge in [-0.2, -0.15) is 5.26 Å². The molecule has 0 aromatic heterocycles. The van der Waals surface area contributed by atoms with Gasteiger partial charge in [-0.15, -0.1) is 0 Å². The van der Waals surface area contributed by atoms with Crippen molar-refractivity contribution in [3.8, 4) is 11.8 Å². The van der Waals surface area contributed by atoms with Gasteiger partial charge in [0.1, 0.15) is 18.4 Å². The van der Waals surface area contributed by atoms with Gasteiger partial charge in [0.05, 0.1) is 37.7 Å². The molecule has 1 unspecified atom stereocenters. The monoisotopic (exact) mass is 534 g/mol. The fourth-order valence-electron chi connectivity index (χ4n) is 5.04. The Bertz CT molecular complexity index is 1170. The number of amides is 3. The predicted molar refractivity (Wildman–Crippen MR) is 125 cm³/mol. The molecule has 4 rings (SSSR count). The highest BCUT2D eigenvalue weighted by molar-refractivity contribution is 5.92. The van der Waals surface area contributed by atoms with E-state index >= 15 is 0 Å². The number of carbonyl (C=O) groups excluding carboxylic acids is 2. The number of rotatable bonds is 7. The molecule has 11 heteroatoms. The molecule has 3 N–H and O–H groups in total. The zero-order chi connectivity index (χ0) is 25.7. The van der Waals surface area contributed by atoms with E-state index < -0.39 is 35.2 Å². The van der Waals surface area contributed by atoms with Gasteiger partial charge in [-0.25, -0.2) is 23.3 Å². The summed E-state index contributed by atoms with van der Waals surface area (Å²) >= 11 is 0. The molecule has 2 fully saturated rings. The van der Waals surface area contributed by atoms with Gasteiger partial charge in [0.25, 0.3) is 0 Å². The van der Waals surface area contributed by atoms with E-state index in [1.54, 1.807) is 7.11 Å². The molecule has 0 spiro atoms. The van der Waals surface area contributed by atoms with Crippen LogP contribution in [0.2, 0.25) is 0 Å². The summed E-state index contributed by atoms with van der Waals surface area (Å²) in [7, 11) is 1.61. The van der Waals surface area contributed by atoms with E-state index in [9.17, 15) is 23.6 Å². The van der Waals surface area contributed by atoms with E-state index in [4.69, 9.17) is 9.47 Å². The summed E-state index contributed by atoms with van der Waals surface area (Å²) in [6.07, 6.45) is 2.29. The zero-order valence-corrected chi connectivity index (χ0v) is 21.1. The van der Waals surface area contributed by atoms with Gasteiger partial charge in [-0.3, -0.25) is 0 Å². The number of ether oxygens (including phenoxy) is 2. The largest absolute Gasteiger partial charge is 1.00 e. The maximum atomic E-state index is 13.6. The number of hydrogen-bond acceptors (Lipinski definition) is 5. The number of halogens is 3. The summed E-state index contributed by atoms with van der Waals surface area (Å²) in [5.41, 5.74) is 0.629. The number of benzene rings is 2. The number of urea groups is 1. The van der Waals surface area contributed by atoms with Crippen LogP contribution in [-0.2, 0) is 10.2 Å². The molecule has 3 amide bonds. The molecule has 1 aliphatic heterocycles. The lowest BCUT2D eigenvalue weighted by atomic mass is 9.69. The standard InChI is InChI=1S/C26H28F2N4O4.ClH/c1-35-23-5-3-2-4-19(23)26(16-29)10-8-18(9-11-26)30-12-13-31-24(33)32-22(15-36-25(32)34)17-6-7-20(27)21(28)14-17;/h2-7,14,18,22,30H,8-13,15H2,1H3,(H,31,33);1H. The number of para-hydroxylation sites is 1. The van der Waals surface area contributed by atoms with Crippen molar-refractivity contribution in [1.82, 2.24) is 10.2 Å². The average molecular weight is 535 g/mol. The lowest BCUT2D eigenvalue weighted by Gasteiger charge is -2.35. The fourth-order valence-corrected chi connectivity index (χ4v) is 5.04. The molecule has 37 heavy (non-hydrogen) atoms. The third-order valence-corrected chi connectivity index (χ3v) is 7.06. The first-order valence-corrected chi connectivity index (χ1v) is 12.0. The van der Waals surface area contributed by atoms with E-state index in [1.165, 1.54) is 6.07 Å². The molecule has 2 aliphatic rings. The number of nitrogens with zero attached hydrogens (tertiary/aromatic N) is 2. The van der Waals surface area contributed by atoms with Crippen LogP contribution in [0.15, 0.2) is 42.5 Å². The van der Waals surface area contributed by atoms with E-state index in [1.807, 2.05) is 24.3 Å². The first-order valence-electron chi connectivity index (χ1n) is 12.0. The van der Waals surface area contributed by atoms with Gasteiger partial charge >= 0.3 is 12.1 Å². The zero-order valence-electron chi connectivity index (χ0n) is 20.4. The van der Waals surface area contributed by atoms with Crippen molar-refractivity contribution in [2.24, 2.45) is 0 Å². The number of nitriles is 1. The molecule has 1 saturated heterocycles. The summed E-state index contributed by atoms with van der Waals surface area (Å²) in [6.45, 7) is 0.765. The van der Waals surface area contributed by atoms with Crippen molar-refractivity contribution < 1.29 is 45.6 Å². The lowest BCUT2D eigenvalue weighted by molar-refractivity contribution is -0.690. The van der Waals surface area contributed by atoms with Gasteiger partial charge in [-0.1, -0.05) is 24.3 Å². The van der Waals surface area contributed by atoms with Crippen LogP contribution in [0.1, 0.15) is 42.9 Å². The van der Waals surface area contributed by atoms with Gasteiger partial charge in [0.15, 0.2) is 11.6 Å². The summed E-state index contributed by atoms with van der Waals surface area (Å²) in [5, 5.41) is 14.8. The highest BCUT2D eigenvalue weighted by atomic mass is 35.5. The maximum Gasteiger partial charge on any atom is 0.418 e. The third-order valence-electron chi connectivity index (χ3n) is 7.06. The maximum absolute atomic E-state index is 13.6. The van der Waals surface area contributed by atoms with Crippen LogP contribution in [0, 0.1) is 23.0 Å². The number of hydrogen-bond donors (Lipinski definition) is 2. The van der Waals surface area contributed by atoms with Crippen LogP contribution in [-0.4, -0.2) is 49.9 Å². The molecule has 1 aliphatic carbocycles. The number of carbonyl (C=O) groups is 2. The van der Waals surface area contributed by atoms with Crippen molar-refractivity contribution in [1.29, 1.82) is 5.26 Å². The van der Waals surface area contributed by atoms with Crippen LogP contribution in [0.25, 0.3) is 0 Å². The van der Waals surface area contributed by atoms with Gasteiger partial charge in [0, 0.05) is 18.4 Å². The number of methoxy groups -OCH3 is 1. The number of nitrogens with two attached hydrogens (primary N) is 1. The molecule has 1 heterocycles. The second-order valence-corrected chi connectivity index (χ2v) is 9.12. The van der Waals surface area contributed by atoms with E-state index in [0.29, 0.717) is 32.0 Å². The van der Waals surface area contributed by atoms with E-state index in [-0.39, 0.29) is 24.6 Å². The highest BCUT2D eigenvalue weighted by Crippen LogP contribution is 2.42. The van der Waals surface area contributed by atoms with Crippen LogP contribution < -0.4 is 27.8 Å². The Morgan fingerprint density at radius 1 is 1.24 bits per heavy atom. The summed E-state index contributed by atoms with van der Waals surface area (Å²) < 4.78 is 37.4. The Balaban J connectivity index is 0.00000380. The smallest absolute Gasteiger partial charge is 0.418 e. The van der Waals surface area contributed by atoms with Crippen LogP contribution >= 0.6 is 0 Å². The third kappa shape index (κ3) is 5.95. The summed E-state index contributed by atoms with van der Waals surface area (Å²) in [6, 6.07) is 12.3. The van der Waals surface area contributed by atoms with Crippen LogP contribution in [0.5, 0.6) is 5.75 Å². The summed E-state index contributed by atoms with van der Waals surface area (Å²) in [5.74, 6) is -1.33. The normalized spacial score (nSPS) is 23.0. The molecule has 1 saturated carbocycles. The Labute approximate surface area is 220 Å². The molecule has 2 aromatic carbocycles. The molecule has 8 nitrogen and oxygen atoms in total. The predicted octanol–water partition coefficient (Wildman–Crippen LogP) is 0.148. The number of quaternary nitrogens is 1. The van der Waals surface area contributed by atoms with Crippen molar-refractivity contribution >= 4 is 12.1 Å². The minimum atomic E-state index is -1.06. The van der Waals surface area contributed by atoms with E-state index in [0.717, 1.165) is 41.2 Å². The Morgan fingerprint density at radius 3 is 2.65 bits per heavy atom. The number of imide groups is 1. The lowest BCUT2D eigenvalue weighted by Crippen LogP contribution is -3.00. The minimum absolute atomic E-state index is 0. The first-order chi connectivity index (χ1) is 17.4. The first kappa shape index (κ1) is 28.2. The Morgan fingerprint density at radius 2 is 1.97 bits per heavy atom. The van der Waals surface area contributed by atoms with Crippen LogP contribution in [0.3, 0.4) is 0 Å². The molecule has 2 aromatic rings. The molecule has 0 radical (unpaired) electrons. The number of cyclic esters (lactones) is 1. The average Bonchev–Trinajstić information content (AvgIpc) is 3.30. The van der Waals surface area contributed by atoms with Gasteiger partial charge < -0.3 is 32.5 Å². The second kappa shape index (κ2) is 12.2. The molecular weight excluding hydrogens is 506 g/mol. The number of nitrogens with one attached hydrogen (secondary N) is 1. The van der Waals surface area contributed by atoms with E-state index in [2.05, 4.69) is 16.7 Å². The Hall–Kier alpha value is -3.42. The Kier molecular flexibility index (Phi) is 9.29. The highest BCUT2D eigenvalue weighted by Gasteiger charge is 2.41. The van der Waals surface area contributed by atoms with Gasteiger partial charge in [-0.05, 0) is 36.6 Å². The van der Waals surface area contributed by atoms with Crippen LogP contribution in [0.4, 0.5) is 18.4 Å². The SMILES string of the molecule is COc1ccccc1C1(C#N)CCC([NH2+]CCNC(=O)N2C(=O)OCC2c2ccc(F)c(F)c2)CC1.[Cl-]. The van der Waals surface area contributed by atoms with Crippen molar-refractivity contribution in [3.63, 3.8) is 0 Å². The van der Waals surface area contributed by atoms with Crippen molar-refractivity contribution in [2.75, 3.05) is 26.8 Å². The van der Waals surface area contributed by atoms with Gasteiger partial charge in [0.2, 0.25) is 0 Å². The summed E-state index contributed by atoms with van der Waals surface area (Å²) in [4.78, 5) is 25.7. The molecule has 0 bridgehead atoms. The van der Waals surface area contributed by atoms with Crippen molar-refractivity contribution in [3.05, 3.63) is 65.2 Å². The second-order valence-electron chi connectivity index (χ2n) is 9.12. The minimum Gasteiger partial charge on any atom is -1.00 e. The molecular formula is C26H29ClF2N4O4. The quantitative estimate of drug-likeness (QED) is 0.492. The molecule has 1 atom stereocenters. The fraction of sp³-hybridized carbons (Fsp3) is 0.423. The van der Waals surface area contributed by atoms with Crippen molar-refractivity contribution in [2.45, 2.75) is 43.2 Å². The molecule has 198 valence electrons.